The van der Waals surface area contributed by atoms with Crippen molar-refractivity contribution in [2.45, 2.75) is 26.8 Å². The molecule has 2 N–H and O–H groups in total. The minimum absolute atomic E-state index is 0.560. The van der Waals surface area contributed by atoms with Gasteiger partial charge in [0.15, 0.2) is 0 Å². The number of rotatable bonds is 6. The molecular formula is C13H21N3. The Hall–Kier alpha value is -1.35. The molecule has 3 nitrogen and oxygen atoms in total. The predicted molar refractivity (Wildman–Crippen MR) is 69.6 cm³/mol. The van der Waals surface area contributed by atoms with Gasteiger partial charge in [-0.15, -0.1) is 6.58 Å². The maximum Gasteiger partial charge on any atom is 0.129 e. The molecule has 0 spiro atoms. The van der Waals surface area contributed by atoms with Gasteiger partial charge in [0.25, 0.3) is 0 Å². The van der Waals surface area contributed by atoms with Crippen LogP contribution in [0.5, 0.6) is 0 Å². The zero-order valence-corrected chi connectivity index (χ0v) is 10.2. The summed E-state index contributed by atoms with van der Waals surface area (Å²) in [6.07, 6.45) is 3.00. The van der Waals surface area contributed by atoms with E-state index in [1.54, 1.807) is 0 Å². The fourth-order valence-corrected chi connectivity index (χ4v) is 1.73. The molecule has 0 bridgehead atoms. The van der Waals surface area contributed by atoms with Crippen molar-refractivity contribution < 1.29 is 0 Å². The molecule has 16 heavy (non-hydrogen) atoms. The fraction of sp³-hybridized carbons (Fsp3) is 0.462. The van der Waals surface area contributed by atoms with Gasteiger partial charge in [-0.05, 0) is 31.0 Å². The standard InChI is InChI=1S/C13H21N3/c1-4-6-16(7-5-2)13-9-12(10-14)8-11(3)15-13/h4,8-9H,1,5-7,10,14H2,2-3H3. The third-order valence-electron chi connectivity index (χ3n) is 2.40. The van der Waals surface area contributed by atoms with E-state index < -0.39 is 0 Å². The zero-order chi connectivity index (χ0) is 12.0. The Morgan fingerprint density at radius 1 is 1.50 bits per heavy atom. The molecular weight excluding hydrogens is 198 g/mol. The summed E-state index contributed by atoms with van der Waals surface area (Å²) >= 11 is 0. The van der Waals surface area contributed by atoms with Crippen LogP contribution in [0.1, 0.15) is 24.6 Å². The summed E-state index contributed by atoms with van der Waals surface area (Å²) in [7, 11) is 0. The second-order valence-corrected chi connectivity index (χ2v) is 3.91. The Balaban J connectivity index is 2.97. The number of nitrogens with zero attached hydrogens (tertiary/aromatic N) is 2. The lowest BCUT2D eigenvalue weighted by Crippen LogP contribution is -2.25. The molecule has 1 aromatic rings. The minimum Gasteiger partial charge on any atom is -0.353 e. The number of aromatic nitrogens is 1. The lowest BCUT2D eigenvalue weighted by molar-refractivity contribution is 0.798. The first kappa shape index (κ1) is 12.7. The molecule has 0 fully saturated rings. The van der Waals surface area contributed by atoms with Crippen LogP contribution in [-0.4, -0.2) is 18.1 Å². The minimum atomic E-state index is 0.560. The van der Waals surface area contributed by atoms with Crippen LogP contribution in [0.4, 0.5) is 5.82 Å². The summed E-state index contributed by atoms with van der Waals surface area (Å²) in [5.74, 6) is 1.00. The molecule has 1 rings (SSSR count). The molecule has 0 aromatic carbocycles. The van der Waals surface area contributed by atoms with Gasteiger partial charge in [0.05, 0.1) is 0 Å². The summed E-state index contributed by atoms with van der Waals surface area (Å²) in [6.45, 7) is 10.3. The normalized spacial score (nSPS) is 10.2. The van der Waals surface area contributed by atoms with E-state index in [1.807, 2.05) is 19.1 Å². The van der Waals surface area contributed by atoms with Crippen LogP contribution in [0, 0.1) is 6.92 Å². The lowest BCUT2D eigenvalue weighted by atomic mass is 10.2. The number of hydrogen-bond donors (Lipinski definition) is 1. The third-order valence-corrected chi connectivity index (χ3v) is 2.40. The predicted octanol–water partition coefficient (Wildman–Crippen LogP) is 2.25. The molecule has 0 aliphatic carbocycles. The van der Waals surface area contributed by atoms with Crippen LogP contribution < -0.4 is 10.6 Å². The molecule has 88 valence electrons. The topological polar surface area (TPSA) is 42.1 Å². The molecule has 0 unspecified atom stereocenters. The largest absolute Gasteiger partial charge is 0.353 e. The molecule has 1 aromatic heterocycles. The van der Waals surface area contributed by atoms with Crippen molar-refractivity contribution in [2.24, 2.45) is 5.73 Å². The Morgan fingerprint density at radius 2 is 2.25 bits per heavy atom. The van der Waals surface area contributed by atoms with Crippen LogP contribution in [-0.2, 0) is 6.54 Å². The second kappa shape index (κ2) is 6.28. The number of hydrogen-bond acceptors (Lipinski definition) is 3. The monoisotopic (exact) mass is 219 g/mol. The van der Waals surface area contributed by atoms with Gasteiger partial charge in [0.1, 0.15) is 5.82 Å². The highest BCUT2D eigenvalue weighted by Gasteiger charge is 2.06. The van der Waals surface area contributed by atoms with Gasteiger partial charge in [-0.3, -0.25) is 0 Å². The number of nitrogens with two attached hydrogens (primary N) is 1. The first-order chi connectivity index (χ1) is 7.71. The maximum atomic E-state index is 5.67. The smallest absolute Gasteiger partial charge is 0.129 e. The van der Waals surface area contributed by atoms with E-state index in [9.17, 15) is 0 Å². The van der Waals surface area contributed by atoms with Crippen LogP contribution >= 0.6 is 0 Å². The van der Waals surface area contributed by atoms with Gasteiger partial charge in [-0.2, -0.15) is 0 Å². The summed E-state index contributed by atoms with van der Waals surface area (Å²) in [4.78, 5) is 6.76. The van der Waals surface area contributed by atoms with Gasteiger partial charge in [-0.25, -0.2) is 4.98 Å². The molecule has 0 saturated heterocycles. The van der Waals surface area contributed by atoms with E-state index in [-0.39, 0.29) is 0 Å². The van der Waals surface area contributed by atoms with Gasteiger partial charge >= 0.3 is 0 Å². The molecule has 0 atom stereocenters. The van der Waals surface area contributed by atoms with Crippen molar-refractivity contribution in [3.8, 4) is 0 Å². The summed E-state index contributed by atoms with van der Waals surface area (Å²) < 4.78 is 0. The molecule has 0 aliphatic heterocycles. The molecule has 0 radical (unpaired) electrons. The number of pyridine rings is 1. The van der Waals surface area contributed by atoms with Gasteiger partial charge in [-0.1, -0.05) is 13.0 Å². The van der Waals surface area contributed by atoms with Gasteiger partial charge in [0.2, 0.25) is 0 Å². The van der Waals surface area contributed by atoms with Crippen LogP contribution in [0.3, 0.4) is 0 Å². The molecule has 0 aliphatic rings. The molecule has 0 amide bonds. The number of aryl methyl sites for hydroxylation is 1. The highest BCUT2D eigenvalue weighted by atomic mass is 15.2. The van der Waals surface area contributed by atoms with Crippen molar-refractivity contribution in [1.29, 1.82) is 0 Å². The van der Waals surface area contributed by atoms with Crippen LogP contribution in [0.25, 0.3) is 0 Å². The average molecular weight is 219 g/mol. The van der Waals surface area contributed by atoms with Crippen molar-refractivity contribution in [3.63, 3.8) is 0 Å². The molecule has 0 saturated carbocycles. The molecule has 1 heterocycles. The Morgan fingerprint density at radius 3 is 2.81 bits per heavy atom. The highest BCUT2D eigenvalue weighted by molar-refractivity contribution is 5.43. The summed E-state index contributed by atoms with van der Waals surface area (Å²) in [5.41, 5.74) is 7.82. The summed E-state index contributed by atoms with van der Waals surface area (Å²) in [5, 5.41) is 0. The Kier molecular flexibility index (Phi) is 4.99. The highest BCUT2D eigenvalue weighted by Crippen LogP contribution is 2.15. The fourth-order valence-electron chi connectivity index (χ4n) is 1.73. The Labute approximate surface area is 98.0 Å². The second-order valence-electron chi connectivity index (χ2n) is 3.91. The van der Waals surface area contributed by atoms with Crippen molar-refractivity contribution >= 4 is 5.82 Å². The SMILES string of the molecule is C=CCN(CCC)c1cc(CN)cc(C)n1. The third kappa shape index (κ3) is 3.35. The quantitative estimate of drug-likeness (QED) is 0.746. The van der Waals surface area contributed by atoms with Crippen LogP contribution in [0.15, 0.2) is 24.8 Å². The molecule has 3 heteroatoms. The number of anilines is 1. The van der Waals surface area contributed by atoms with Gasteiger partial charge in [0, 0.05) is 25.3 Å². The van der Waals surface area contributed by atoms with E-state index in [0.717, 1.165) is 36.6 Å². The van der Waals surface area contributed by atoms with Crippen molar-refractivity contribution in [1.82, 2.24) is 4.98 Å². The summed E-state index contributed by atoms with van der Waals surface area (Å²) in [6, 6.07) is 4.09. The van der Waals surface area contributed by atoms with E-state index in [0.29, 0.717) is 6.54 Å². The zero-order valence-electron chi connectivity index (χ0n) is 10.2. The van der Waals surface area contributed by atoms with Crippen molar-refractivity contribution in [2.75, 3.05) is 18.0 Å². The van der Waals surface area contributed by atoms with E-state index in [4.69, 9.17) is 5.73 Å². The first-order valence-electron chi connectivity index (χ1n) is 5.74. The van der Waals surface area contributed by atoms with Crippen LogP contribution in [0.2, 0.25) is 0 Å². The van der Waals surface area contributed by atoms with Gasteiger partial charge < -0.3 is 10.6 Å². The van der Waals surface area contributed by atoms with E-state index in [1.165, 1.54) is 0 Å². The maximum absolute atomic E-state index is 5.67. The van der Waals surface area contributed by atoms with Crippen molar-refractivity contribution in [3.05, 3.63) is 36.0 Å². The lowest BCUT2D eigenvalue weighted by Gasteiger charge is -2.22. The average Bonchev–Trinajstić information content (AvgIpc) is 2.28. The van der Waals surface area contributed by atoms with E-state index in [2.05, 4.69) is 29.5 Å². The van der Waals surface area contributed by atoms with E-state index >= 15 is 0 Å². The Bertz CT molecular complexity index is 347. The first-order valence-corrected chi connectivity index (χ1v) is 5.74.